The van der Waals surface area contributed by atoms with Crippen molar-refractivity contribution in [3.8, 4) is 17.1 Å². The molecule has 2 aromatic carbocycles. The van der Waals surface area contributed by atoms with Gasteiger partial charge in [0.1, 0.15) is 5.75 Å². The number of likely N-dealkylation sites (tertiary alicyclic amines) is 1. The molecule has 0 unspecified atom stereocenters. The summed E-state index contributed by atoms with van der Waals surface area (Å²) in [5.41, 5.74) is 5.33. The maximum absolute atomic E-state index is 5.56. The van der Waals surface area contributed by atoms with Gasteiger partial charge in [-0.3, -0.25) is 0 Å². The van der Waals surface area contributed by atoms with E-state index in [4.69, 9.17) is 4.74 Å². The molecule has 1 aromatic heterocycles. The Balaban J connectivity index is 1.65. The number of hydrogen-bond acceptors (Lipinski definition) is 5. The van der Waals surface area contributed by atoms with Crippen LogP contribution < -0.4 is 4.74 Å². The molecular weight excluding hydrogens is 350 g/mol. The van der Waals surface area contributed by atoms with Crippen molar-refractivity contribution in [2.24, 2.45) is 0 Å². The first-order chi connectivity index (χ1) is 13.6. The van der Waals surface area contributed by atoms with E-state index in [0.717, 1.165) is 30.7 Å². The normalized spacial score (nSPS) is 26.7. The summed E-state index contributed by atoms with van der Waals surface area (Å²) in [5.74, 6) is 2.06. The third kappa shape index (κ3) is 2.55. The highest BCUT2D eigenvalue weighted by Crippen LogP contribution is 2.53. The van der Waals surface area contributed by atoms with E-state index in [9.17, 15) is 0 Å². The SMILES string of the molecule is COc1ccc2c(c1)[C@]1(C)CCN(C)[C@H](C2)[C@@H]1c1cccc(-c2nnn[nH]2)c1. The largest absolute Gasteiger partial charge is 0.497 e. The lowest BCUT2D eigenvalue weighted by Crippen LogP contribution is -2.56. The minimum Gasteiger partial charge on any atom is -0.497 e. The van der Waals surface area contributed by atoms with E-state index >= 15 is 0 Å². The fourth-order valence-corrected chi connectivity index (χ4v) is 5.35. The van der Waals surface area contributed by atoms with E-state index in [1.807, 2.05) is 0 Å². The Morgan fingerprint density at radius 2 is 2.11 bits per heavy atom. The summed E-state index contributed by atoms with van der Waals surface area (Å²) in [5, 5.41) is 14.4. The minimum absolute atomic E-state index is 0.0671. The Hall–Kier alpha value is -2.73. The monoisotopic (exact) mass is 375 g/mol. The topological polar surface area (TPSA) is 66.9 Å². The van der Waals surface area contributed by atoms with Crippen LogP contribution in [0.25, 0.3) is 11.4 Å². The van der Waals surface area contributed by atoms with Crippen molar-refractivity contribution in [1.82, 2.24) is 25.5 Å². The van der Waals surface area contributed by atoms with Gasteiger partial charge in [0.15, 0.2) is 5.82 Å². The molecule has 1 saturated heterocycles. The highest BCUT2D eigenvalue weighted by Gasteiger charge is 2.50. The maximum atomic E-state index is 5.56. The quantitative estimate of drug-likeness (QED) is 0.762. The molecule has 0 radical (unpaired) electrons. The Labute approximate surface area is 164 Å². The molecule has 0 spiro atoms. The van der Waals surface area contributed by atoms with Crippen LogP contribution in [0.4, 0.5) is 0 Å². The second-order valence-corrected chi connectivity index (χ2v) is 8.30. The van der Waals surface area contributed by atoms with Crippen LogP contribution in [0, 0.1) is 0 Å². The first kappa shape index (κ1) is 17.4. The smallest absolute Gasteiger partial charge is 0.179 e. The van der Waals surface area contributed by atoms with Gasteiger partial charge in [0.25, 0.3) is 0 Å². The summed E-state index contributed by atoms with van der Waals surface area (Å²) in [6.45, 7) is 3.54. The molecule has 3 atom stereocenters. The minimum atomic E-state index is 0.0671. The van der Waals surface area contributed by atoms with E-state index in [0.29, 0.717) is 17.8 Å². The summed E-state index contributed by atoms with van der Waals surface area (Å²) in [7, 11) is 4.01. The van der Waals surface area contributed by atoms with Crippen molar-refractivity contribution in [2.75, 3.05) is 20.7 Å². The van der Waals surface area contributed by atoms with Gasteiger partial charge in [-0.1, -0.05) is 31.2 Å². The zero-order valence-electron chi connectivity index (χ0n) is 16.5. The second kappa shape index (κ2) is 6.41. The lowest BCUT2D eigenvalue weighted by atomic mass is 9.56. The zero-order valence-corrected chi connectivity index (χ0v) is 16.5. The third-order valence-electron chi connectivity index (χ3n) is 6.85. The molecule has 0 saturated carbocycles. The van der Waals surface area contributed by atoms with E-state index in [1.54, 1.807) is 7.11 Å². The first-order valence-electron chi connectivity index (χ1n) is 9.82. The number of aromatic nitrogens is 4. The number of nitrogens with one attached hydrogen (secondary N) is 1. The zero-order chi connectivity index (χ0) is 19.3. The van der Waals surface area contributed by atoms with Crippen molar-refractivity contribution in [3.05, 3.63) is 59.2 Å². The predicted molar refractivity (Wildman–Crippen MR) is 107 cm³/mol. The van der Waals surface area contributed by atoms with Crippen molar-refractivity contribution in [3.63, 3.8) is 0 Å². The summed E-state index contributed by atoms with van der Waals surface area (Å²) in [4.78, 5) is 2.53. The number of tetrazole rings is 1. The highest BCUT2D eigenvalue weighted by molar-refractivity contribution is 5.57. The number of H-pyrrole nitrogens is 1. The highest BCUT2D eigenvalue weighted by atomic mass is 16.5. The molecule has 6 heteroatoms. The average molecular weight is 375 g/mol. The maximum Gasteiger partial charge on any atom is 0.179 e. The predicted octanol–water partition coefficient (Wildman–Crippen LogP) is 3.18. The molecule has 1 aliphatic carbocycles. The van der Waals surface area contributed by atoms with Crippen LogP contribution >= 0.6 is 0 Å². The molecule has 144 valence electrons. The summed E-state index contributed by atoms with van der Waals surface area (Å²) >= 11 is 0. The number of fused-ring (bicyclic) bond motifs is 4. The Bertz CT molecular complexity index is 1000. The molecular formula is C22H25N5O. The molecule has 1 fully saturated rings. The average Bonchev–Trinajstić information content (AvgIpc) is 3.26. The Morgan fingerprint density at radius 3 is 2.89 bits per heavy atom. The van der Waals surface area contributed by atoms with Gasteiger partial charge in [-0.05, 0) is 71.8 Å². The standard InChI is InChI=1S/C22H25N5O/c1-22-9-10-27(2)19(12-14-7-8-17(28-3)13-18(14)22)20(22)15-5-4-6-16(11-15)21-23-25-26-24-21/h4-8,11,13,19-20H,9-10,12H2,1-3H3,(H,23,24,25,26)/t19-,20+,22+/m1/s1. The number of ether oxygens (including phenoxy) is 1. The van der Waals surface area contributed by atoms with Crippen LogP contribution in [0.3, 0.4) is 0 Å². The van der Waals surface area contributed by atoms with Gasteiger partial charge in [-0.2, -0.15) is 0 Å². The third-order valence-corrected chi connectivity index (χ3v) is 6.85. The van der Waals surface area contributed by atoms with Crippen LogP contribution in [0.1, 0.15) is 36.0 Å². The lowest BCUT2D eigenvalue weighted by Gasteiger charge is -2.55. The van der Waals surface area contributed by atoms with Gasteiger partial charge in [0.2, 0.25) is 0 Å². The number of hydrogen-bond donors (Lipinski definition) is 1. The fraction of sp³-hybridized carbons (Fsp3) is 0.409. The van der Waals surface area contributed by atoms with Crippen LogP contribution in [-0.4, -0.2) is 52.3 Å². The molecule has 2 aliphatic rings. The number of nitrogens with zero attached hydrogens (tertiary/aromatic N) is 4. The van der Waals surface area contributed by atoms with E-state index in [1.165, 1.54) is 16.7 Å². The summed E-state index contributed by atoms with van der Waals surface area (Å²) < 4.78 is 5.56. The van der Waals surface area contributed by atoms with Crippen molar-refractivity contribution in [2.45, 2.75) is 37.1 Å². The molecule has 6 nitrogen and oxygen atoms in total. The first-order valence-corrected chi connectivity index (χ1v) is 9.82. The number of likely N-dealkylation sites (N-methyl/N-ethyl adjacent to an activating group) is 1. The molecule has 5 rings (SSSR count). The van der Waals surface area contributed by atoms with Crippen molar-refractivity contribution >= 4 is 0 Å². The van der Waals surface area contributed by atoms with E-state index in [-0.39, 0.29) is 5.41 Å². The Morgan fingerprint density at radius 1 is 1.21 bits per heavy atom. The van der Waals surface area contributed by atoms with Gasteiger partial charge in [-0.15, -0.1) is 5.10 Å². The second-order valence-electron chi connectivity index (χ2n) is 8.30. The number of benzene rings is 2. The van der Waals surface area contributed by atoms with Crippen molar-refractivity contribution in [1.29, 1.82) is 0 Å². The molecule has 28 heavy (non-hydrogen) atoms. The van der Waals surface area contributed by atoms with Gasteiger partial charge >= 0.3 is 0 Å². The molecule has 2 bridgehead atoms. The fourth-order valence-electron chi connectivity index (χ4n) is 5.35. The molecule has 2 heterocycles. The summed E-state index contributed by atoms with van der Waals surface area (Å²) in [6, 6.07) is 15.8. The summed E-state index contributed by atoms with van der Waals surface area (Å²) in [6.07, 6.45) is 2.18. The molecule has 0 amide bonds. The van der Waals surface area contributed by atoms with E-state index in [2.05, 4.69) is 82.0 Å². The number of rotatable bonds is 3. The van der Waals surface area contributed by atoms with Crippen molar-refractivity contribution < 1.29 is 4.74 Å². The van der Waals surface area contributed by atoms with Gasteiger partial charge < -0.3 is 9.64 Å². The number of piperidine rings is 1. The molecule has 1 aliphatic heterocycles. The van der Waals surface area contributed by atoms with E-state index < -0.39 is 0 Å². The van der Waals surface area contributed by atoms with Gasteiger partial charge in [0, 0.05) is 22.9 Å². The van der Waals surface area contributed by atoms with Crippen LogP contribution in [-0.2, 0) is 11.8 Å². The number of aromatic amines is 1. The van der Waals surface area contributed by atoms with Crippen LogP contribution in [0.2, 0.25) is 0 Å². The van der Waals surface area contributed by atoms with Crippen LogP contribution in [0.15, 0.2) is 42.5 Å². The number of methoxy groups -OCH3 is 1. The van der Waals surface area contributed by atoms with Gasteiger partial charge in [0.05, 0.1) is 7.11 Å². The van der Waals surface area contributed by atoms with Gasteiger partial charge in [-0.25, -0.2) is 5.10 Å². The Kier molecular flexibility index (Phi) is 3.98. The lowest BCUT2D eigenvalue weighted by molar-refractivity contribution is 0.0830. The molecule has 3 aromatic rings. The van der Waals surface area contributed by atoms with Crippen LogP contribution in [0.5, 0.6) is 5.75 Å². The molecule has 1 N–H and O–H groups in total.